The van der Waals surface area contributed by atoms with Gasteiger partial charge in [0, 0.05) is 36.0 Å². The molecule has 0 atom stereocenters. The Balaban J connectivity index is 1.83. The summed E-state index contributed by atoms with van der Waals surface area (Å²) in [5.41, 5.74) is 2.89. The molecule has 0 aromatic carbocycles. The first-order chi connectivity index (χ1) is 16.5. The Kier molecular flexibility index (Phi) is 8.39. The first-order valence-electron chi connectivity index (χ1n) is 10.8. The van der Waals surface area contributed by atoms with E-state index in [1.54, 1.807) is 32.4 Å². The van der Waals surface area contributed by atoms with Crippen LogP contribution >= 0.6 is 34.4 Å². The maximum Gasteiger partial charge on any atom is 0.341 e. The van der Waals surface area contributed by atoms with Crippen LogP contribution in [-0.4, -0.2) is 64.4 Å². The van der Waals surface area contributed by atoms with Crippen LogP contribution in [0.5, 0.6) is 0 Å². The van der Waals surface area contributed by atoms with Crippen LogP contribution in [0.15, 0.2) is 10.5 Å². The van der Waals surface area contributed by atoms with Gasteiger partial charge in [-0.2, -0.15) is 0 Å². The minimum absolute atomic E-state index is 0.0566. The Bertz CT molecular complexity index is 1270. The van der Waals surface area contributed by atoms with Gasteiger partial charge in [0.05, 0.1) is 23.3 Å². The summed E-state index contributed by atoms with van der Waals surface area (Å²) in [6, 6.07) is 0.0932. The topological polar surface area (TPSA) is 106 Å². The number of nitrogens with one attached hydrogen (secondary N) is 1. The molecule has 35 heavy (non-hydrogen) atoms. The molecule has 9 nitrogen and oxygen atoms in total. The number of nitrogens with zero attached hydrogens (tertiary/aromatic N) is 4. The predicted molar refractivity (Wildman–Crippen MR) is 141 cm³/mol. The summed E-state index contributed by atoms with van der Waals surface area (Å²) in [7, 11) is 4.53. The van der Waals surface area contributed by atoms with E-state index in [0.29, 0.717) is 20.6 Å². The fourth-order valence-corrected chi connectivity index (χ4v) is 6.37. The number of hydrogen-bond donors (Lipinski definition) is 1. The molecule has 3 rings (SSSR count). The largest absolute Gasteiger partial charge is 0.465 e. The molecule has 188 valence electrons. The summed E-state index contributed by atoms with van der Waals surface area (Å²) in [5.74, 6) is -0.346. The highest BCUT2D eigenvalue weighted by molar-refractivity contribution is 7.99. The predicted octanol–water partition coefficient (Wildman–Crippen LogP) is 4.79. The van der Waals surface area contributed by atoms with Crippen molar-refractivity contribution in [2.24, 2.45) is 0 Å². The highest BCUT2D eigenvalue weighted by Gasteiger charge is 2.27. The summed E-state index contributed by atoms with van der Waals surface area (Å²) >= 11 is 4.00. The number of methoxy groups -OCH3 is 1. The number of rotatable bonds is 8. The van der Waals surface area contributed by atoms with Crippen molar-refractivity contribution in [1.29, 1.82) is 0 Å². The number of esters is 1. The lowest BCUT2D eigenvalue weighted by molar-refractivity contribution is -0.113. The molecule has 0 saturated carbocycles. The van der Waals surface area contributed by atoms with Crippen LogP contribution in [0.25, 0.3) is 11.4 Å². The number of carbonyl (C=O) groups is 3. The van der Waals surface area contributed by atoms with Crippen molar-refractivity contribution in [3.63, 3.8) is 0 Å². The molecular formula is C23H29N5O4S3. The van der Waals surface area contributed by atoms with Crippen molar-refractivity contribution in [3.05, 3.63) is 31.8 Å². The number of thiophene rings is 2. The number of hydrogen-bond acceptors (Lipinski definition) is 9. The third kappa shape index (κ3) is 5.44. The van der Waals surface area contributed by atoms with Crippen molar-refractivity contribution in [1.82, 2.24) is 19.7 Å². The van der Waals surface area contributed by atoms with Gasteiger partial charge in [-0.05, 0) is 45.7 Å². The van der Waals surface area contributed by atoms with Crippen molar-refractivity contribution in [2.45, 2.75) is 45.8 Å². The number of aromatic nitrogens is 3. The molecule has 0 aliphatic carbocycles. The molecule has 12 heteroatoms. The van der Waals surface area contributed by atoms with E-state index in [-0.39, 0.29) is 29.2 Å². The summed E-state index contributed by atoms with van der Waals surface area (Å²) in [4.78, 5) is 40.8. The summed E-state index contributed by atoms with van der Waals surface area (Å²) in [6.07, 6.45) is 0. The van der Waals surface area contributed by atoms with E-state index >= 15 is 0 Å². The van der Waals surface area contributed by atoms with E-state index in [1.807, 2.05) is 18.4 Å². The minimum atomic E-state index is -0.606. The molecule has 3 aromatic heterocycles. The number of aryl methyl sites for hydroxylation is 1. The Morgan fingerprint density at radius 2 is 1.86 bits per heavy atom. The third-order valence-corrected chi connectivity index (χ3v) is 8.58. The van der Waals surface area contributed by atoms with Crippen LogP contribution in [-0.2, 0) is 9.53 Å². The van der Waals surface area contributed by atoms with Gasteiger partial charge in [-0.15, -0.1) is 32.9 Å². The monoisotopic (exact) mass is 535 g/mol. The number of thioether (sulfide) groups is 1. The summed E-state index contributed by atoms with van der Waals surface area (Å²) in [5, 5.41) is 14.5. The molecule has 0 radical (unpaired) electrons. The zero-order valence-corrected chi connectivity index (χ0v) is 23.5. The smallest absolute Gasteiger partial charge is 0.341 e. The minimum Gasteiger partial charge on any atom is -0.465 e. The summed E-state index contributed by atoms with van der Waals surface area (Å²) < 4.78 is 6.91. The molecule has 2 amide bonds. The van der Waals surface area contributed by atoms with E-state index in [2.05, 4.69) is 34.7 Å². The molecule has 0 aliphatic rings. The van der Waals surface area contributed by atoms with E-state index in [1.165, 1.54) is 34.2 Å². The second-order valence-electron chi connectivity index (χ2n) is 8.39. The van der Waals surface area contributed by atoms with Gasteiger partial charge in [-0.3, -0.25) is 14.2 Å². The quantitative estimate of drug-likeness (QED) is 0.326. The van der Waals surface area contributed by atoms with Crippen molar-refractivity contribution >= 4 is 57.2 Å². The van der Waals surface area contributed by atoms with Crippen LogP contribution in [0, 0.1) is 20.8 Å². The van der Waals surface area contributed by atoms with E-state index in [0.717, 1.165) is 22.7 Å². The maximum absolute atomic E-state index is 12.9. The second-order valence-corrected chi connectivity index (χ2v) is 11.4. The lowest BCUT2D eigenvalue weighted by Crippen LogP contribution is -2.21. The highest BCUT2D eigenvalue weighted by Crippen LogP contribution is 2.36. The zero-order chi connectivity index (χ0) is 26.0. The van der Waals surface area contributed by atoms with Crippen molar-refractivity contribution in [2.75, 3.05) is 32.3 Å². The average Bonchev–Trinajstić information content (AvgIpc) is 3.47. The number of carbonyl (C=O) groups excluding carboxylic acids is 3. The van der Waals surface area contributed by atoms with Gasteiger partial charge in [0.25, 0.3) is 5.91 Å². The standard InChI is InChI=1S/C23H29N5O4S3/c1-11(2)28-19(15-9-33-14(5)12(15)3)25-26-23(28)34-10-16(29)24-20-17(22(31)32-8)13(4)18(35-20)21(30)27(6)7/h9,11H,10H2,1-8H3,(H,24,29). The lowest BCUT2D eigenvalue weighted by atomic mass is 10.1. The zero-order valence-electron chi connectivity index (χ0n) is 21.0. The Morgan fingerprint density at radius 1 is 1.17 bits per heavy atom. The van der Waals surface area contributed by atoms with Gasteiger partial charge in [-0.25, -0.2) is 4.79 Å². The van der Waals surface area contributed by atoms with Gasteiger partial charge >= 0.3 is 5.97 Å². The number of amides is 2. The molecule has 0 fully saturated rings. The average molecular weight is 536 g/mol. The fourth-order valence-electron chi connectivity index (χ4n) is 3.41. The molecule has 3 aromatic rings. The molecule has 0 bridgehead atoms. The van der Waals surface area contributed by atoms with Crippen molar-refractivity contribution < 1.29 is 19.1 Å². The Labute approximate surface area is 216 Å². The molecule has 1 N–H and O–H groups in total. The van der Waals surface area contributed by atoms with Gasteiger partial charge in [0.2, 0.25) is 5.91 Å². The first-order valence-corrected chi connectivity index (χ1v) is 13.5. The Hall–Kier alpha value is -2.70. The summed E-state index contributed by atoms with van der Waals surface area (Å²) in [6.45, 7) is 9.91. The van der Waals surface area contributed by atoms with Crippen LogP contribution in [0.1, 0.15) is 55.9 Å². The first kappa shape index (κ1) is 26.9. The van der Waals surface area contributed by atoms with Gasteiger partial charge < -0.3 is 15.0 Å². The van der Waals surface area contributed by atoms with E-state index < -0.39 is 5.97 Å². The number of anilines is 1. The van der Waals surface area contributed by atoms with Crippen LogP contribution < -0.4 is 5.32 Å². The fraction of sp³-hybridized carbons (Fsp3) is 0.435. The Morgan fingerprint density at radius 3 is 2.40 bits per heavy atom. The van der Waals surface area contributed by atoms with Gasteiger partial charge in [0.15, 0.2) is 11.0 Å². The second kappa shape index (κ2) is 10.9. The van der Waals surface area contributed by atoms with Crippen LogP contribution in [0.3, 0.4) is 0 Å². The highest BCUT2D eigenvalue weighted by atomic mass is 32.2. The SMILES string of the molecule is COC(=O)c1c(NC(=O)CSc2nnc(-c3csc(C)c3C)n2C(C)C)sc(C(=O)N(C)C)c1C. The third-order valence-electron chi connectivity index (χ3n) is 5.43. The molecule has 0 aliphatic heterocycles. The van der Waals surface area contributed by atoms with Crippen LogP contribution in [0.2, 0.25) is 0 Å². The van der Waals surface area contributed by atoms with E-state index in [9.17, 15) is 14.4 Å². The van der Waals surface area contributed by atoms with Gasteiger partial charge in [-0.1, -0.05) is 11.8 Å². The molecule has 0 unspecified atom stereocenters. The molecule has 0 spiro atoms. The molecule has 3 heterocycles. The molecular weight excluding hydrogens is 506 g/mol. The normalized spacial score (nSPS) is 11.1. The maximum atomic E-state index is 12.9. The van der Waals surface area contributed by atoms with Crippen molar-refractivity contribution in [3.8, 4) is 11.4 Å². The lowest BCUT2D eigenvalue weighted by Gasteiger charge is -2.13. The molecule has 0 saturated heterocycles. The number of ether oxygens (including phenoxy) is 1. The van der Waals surface area contributed by atoms with E-state index in [4.69, 9.17) is 4.74 Å². The van der Waals surface area contributed by atoms with Gasteiger partial charge in [0.1, 0.15) is 5.00 Å². The van der Waals surface area contributed by atoms with Crippen LogP contribution in [0.4, 0.5) is 5.00 Å².